The Labute approximate surface area is 152 Å². The molecule has 1 aliphatic rings. The molecule has 0 radical (unpaired) electrons. The predicted molar refractivity (Wildman–Crippen MR) is 98.2 cm³/mol. The summed E-state index contributed by atoms with van der Waals surface area (Å²) in [6.07, 6.45) is 4.39. The van der Waals surface area contributed by atoms with E-state index >= 15 is 0 Å². The monoisotopic (exact) mass is 357 g/mol. The van der Waals surface area contributed by atoms with Gasteiger partial charge in [-0.25, -0.2) is 4.79 Å². The zero-order valence-corrected chi connectivity index (χ0v) is 14.9. The molecule has 130 valence electrons. The van der Waals surface area contributed by atoms with Crippen molar-refractivity contribution in [2.24, 2.45) is 0 Å². The van der Waals surface area contributed by atoms with E-state index in [9.17, 15) is 9.59 Å². The molecule has 0 heterocycles. The summed E-state index contributed by atoms with van der Waals surface area (Å²) >= 11 is 5.93. The molecule has 0 saturated carbocycles. The van der Waals surface area contributed by atoms with Crippen LogP contribution < -0.4 is 5.32 Å². The molecule has 0 bridgehead atoms. The number of ether oxygens (including phenoxy) is 1. The summed E-state index contributed by atoms with van der Waals surface area (Å²) in [7, 11) is 0. The van der Waals surface area contributed by atoms with E-state index in [-0.39, 0.29) is 6.61 Å². The Morgan fingerprint density at radius 1 is 1.08 bits per heavy atom. The van der Waals surface area contributed by atoms with Gasteiger partial charge in [0.25, 0.3) is 5.91 Å². The standard InChI is InChI=1S/C20H20ClNO3/c1-13-6-9-17(21)11-18(13)22-19(23)12-25-20(24)16-8-7-14-4-2-3-5-15(14)10-16/h6-11H,2-5,12H2,1H3,(H,22,23). The van der Waals surface area contributed by atoms with Crippen LogP contribution in [0, 0.1) is 6.92 Å². The molecule has 3 rings (SSSR count). The molecule has 1 amide bonds. The first-order valence-corrected chi connectivity index (χ1v) is 8.75. The summed E-state index contributed by atoms with van der Waals surface area (Å²) in [6, 6.07) is 10.9. The lowest BCUT2D eigenvalue weighted by atomic mass is 9.90. The van der Waals surface area contributed by atoms with Gasteiger partial charge in [0.1, 0.15) is 0 Å². The van der Waals surface area contributed by atoms with E-state index in [1.807, 2.05) is 25.1 Å². The van der Waals surface area contributed by atoms with Crippen molar-refractivity contribution in [3.05, 3.63) is 63.7 Å². The normalized spacial score (nSPS) is 13.0. The molecule has 0 saturated heterocycles. The van der Waals surface area contributed by atoms with Gasteiger partial charge in [-0.15, -0.1) is 0 Å². The number of esters is 1. The molecule has 0 aliphatic heterocycles. The smallest absolute Gasteiger partial charge is 0.338 e. The highest BCUT2D eigenvalue weighted by molar-refractivity contribution is 6.31. The maximum Gasteiger partial charge on any atom is 0.338 e. The summed E-state index contributed by atoms with van der Waals surface area (Å²) in [4.78, 5) is 24.2. The number of anilines is 1. The third-order valence-electron chi connectivity index (χ3n) is 4.39. The van der Waals surface area contributed by atoms with Gasteiger partial charge in [0.2, 0.25) is 0 Å². The van der Waals surface area contributed by atoms with Gasteiger partial charge in [-0.3, -0.25) is 4.79 Å². The second kappa shape index (κ2) is 7.70. The van der Waals surface area contributed by atoms with Crippen LogP contribution in [0.15, 0.2) is 36.4 Å². The molecule has 0 unspecified atom stereocenters. The van der Waals surface area contributed by atoms with Crippen molar-refractivity contribution in [3.8, 4) is 0 Å². The first kappa shape index (κ1) is 17.5. The molecular formula is C20H20ClNO3. The van der Waals surface area contributed by atoms with E-state index in [4.69, 9.17) is 16.3 Å². The number of aryl methyl sites for hydroxylation is 3. The number of rotatable bonds is 4. The molecule has 5 heteroatoms. The highest BCUT2D eigenvalue weighted by Gasteiger charge is 2.15. The summed E-state index contributed by atoms with van der Waals surface area (Å²) < 4.78 is 5.14. The van der Waals surface area contributed by atoms with Gasteiger partial charge in [-0.1, -0.05) is 23.7 Å². The number of carbonyl (C=O) groups excluding carboxylic acids is 2. The van der Waals surface area contributed by atoms with Crippen molar-refractivity contribution >= 4 is 29.2 Å². The lowest BCUT2D eigenvalue weighted by Crippen LogP contribution is -2.21. The van der Waals surface area contributed by atoms with Gasteiger partial charge in [-0.2, -0.15) is 0 Å². The number of nitrogens with one attached hydrogen (secondary N) is 1. The van der Waals surface area contributed by atoms with E-state index in [0.717, 1.165) is 24.8 Å². The average Bonchev–Trinajstić information content (AvgIpc) is 2.62. The number of fused-ring (bicyclic) bond motifs is 1. The number of hydrogen-bond donors (Lipinski definition) is 1. The maximum atomic E-state index is 12.2. The summed E-state index contributed by atoms with van der Waals surface area (Å²) in [5.41, 5.74) is 4.50. The quantitative estimate of drug-likeness (QED) is 0.829. The van der Waals surface area contributed by atoms with Crippen molar-refractivity contribution < 1.29 is 14.3 Å². The molecule has 0 atom stereocenters. The van der Waals surface area contributed by atoms with Crippen LogP contribution in [0.4, 0.5) is 5.69 Å². The first-order valence-electron chi connectivity index (χ1n) is 8.38. The minimum atomic E-state index is -0.480. The van der Waals surface area contributed by atoms with Gasteiger partial charge < -0.3 is 10.1 Å². The predicted octanol–water partition coefficient (Wildman–Crippen LogP) is 4.32. The fourth-order valence-electron chi connectivity index (χ4n) is 2.99. The molecule has 0 fully saturated rings. The Hall–Kier alpha value is -2.33. The zero-order chi connectivity index (χ0) is 17.8. The number of amides is 1. The molecule has 4 nitrogen and oxygen atoms in total. The van der Waals surface area contributed by atoms with Crippen LogP contribution >= 0.6 is 11.6 Å². The molecule has 2 aromatic carbocycles. The van der Waals surface area contributed by atoms with E-state index in [1.165, 1.54) is 17.5 Å². The van der Waals surface area contributed by atoms with Crippen LogP contribution in [0.25, 0.3) is 0 Å². The molecule has 1 N–H and O–H groups in total. The van der Waals surface area contributed by atoms with Gasteiger partial charge >= 0.3 is 5.97 Å². The lowest BCUT2D eigenvalue weighted by Gasteiger charge is -2.16. The van der Waals surface area contributed by atoms with Crippen molar-refractivity contribution in [1.29, 1.82) is 0 Å². The first-order chi connectivity index (χ1) is 12.0. The van der Waals surface area contributed by atoms with E-state index in [0.29, 0.717) is 16.3 Å². The van der Waals surface area contributed by atoms with Gasteiger partial charge in [0.05, 0.1) is 5.56 Å². The van der Waals surface area contributed by atoms with Crippen LogP contribution in [0.3, 0.4) is 0 Å². The van der Waals surface area contributed by atoms with Crippen LogP contribution in [0.2, 0.25) is 5.02 Å². The molecule has 2 aromatic rings. The van der Waals surface area contributed by atoms with Crippen LogP contribution in [-0.2, 0) is 22.4 Å². The van der Waals surface area contributed by atoms with E-state index in [2.05, 4.69) is 5.32 Å². The zero-order valence-electron chi connectivity index (χ0n) is 14.1. The highest BCUT2D eigenvalue weighted by Crippen LogP contribution is 2.23. The minimum absolute atomic E-state index is 0.331. The summed E-state index contributed by atoms with van der Waals surface area (Å²) in [5.74, 6) is -0.872. The third-order valence-corrected chi connectivity index (χ3v) is 4.63. The van der Waals surface area contributed by atoms with Crippen LogP contribution in [0.5, 0.6) is 0 Å². The highest BCUT2D eigenvalue weighted by atomic mass is 35.5. The molecule has 0 spiro atoms. The number of hydrogen-bond acceptors (Lipinski definition) is 3. The van der Waals surface area contributed by atoms with Gasteiger partial charge in [0, 0.05) is 10.7 Å². The molecular weight excluding hydrogens is 338 g/mol. The Morgan fingerprint density at radius 3 is 2.64 bits per heavy atom. The minimum Gasteiger partial charge on any atom is -0.452 e. The fourth-order valence-corrected chi connectivity index (χ4v) is 3.16. The lowest BCUT2D eigenvalue weighted by molar-refractivity contribution is -0.119. The van der Waals surface area contributed by atoms with Gasteiger partial charge in [0.15, 0.2) is 6.61 Å². The van der Waals surface area contributed by atoms with Crippen molar-refractivity contribution in [2.75, 3.05) is 11.9 Å². The molecule has 25 heavy (non-hydrogen) atoms. The number of halogens is 1. The average molecular weight is 358 g/mol. The Balaban J connectivity index is 1.58. The van der Waals surface area contributed by atoms with Crippen LogP contribution in [0.1, 0.15) is 39.9 Å². The van der Waals surface area contributed by atoms with E-state index < -0.39 is 11.9 Å². The van der Waals surface area contributed by atoms with Crippen LogP contribution in [-0.4, -0.2) is 18.5 Å². The second-order valence-corrected chi connectivity index (χ2v) is 6.71. The third kappa shape index (κ3) is 4.40. The van der Waals surface area contributed by atoms with Crippen molar-refractivity contribution in [2.45, 2.75) is 32.6 Å². The van der Waals surface area contributed by atoms with Gasteiger partial charge in [-0.05, 0) is 73.6 Å². The number of benzene rings is 2. The SMILES string of the molecule is Cc1ccc(Cl)cc1NC(=O)COC(=O)c1ccc2c(c1)CCCC2. The number of carbonyl (C=O) groups is 2. The Kier molecular flexibility index (Phi) is 5.39. The topological polar surface area (TPSA) is 55.4 Å². The summed E-state index contributed by atoms with van der Waals surface area (Å²) in [5, 5.41) is 3.24. The van der Waals surface area contributed by atoms with Crippen molar-refractivity contribution in [1.82, 2.24) is 0 Å². The van der Waals surface area contributed by atoms with E-state index in [1.54, 1.807) is 18.2 Å². The largest absolute Gasteiger partial charge is 0.452 e. The Morgan fingerprint density at radius 2 is 1.84 bits per heavy atom. The molecule has 0 aromatic heterocycles. The summed E-state index contributed by atoms with van der Waals surface area (Å²) in [6.45, 7) is 1.53. The maximum absolute atomic E-state index is 12.2. The second-order valence-electron chi connectivity index (χ2n) is 6.27. The fraction of sp³-hybridized carbons (Fsp3) is 0.300. The molecule has 1 aliphatic carbocycles. The Bertz CT molecular complexity index is 817. The van der Waals surface area contributed by atoms with Crippen molar-refractivity contribution in [3.63, 3.8) is 0 Å².